The van der Waals surface area contributed by atoms with Gasteiger partial charge < -0.3 is 9.47 Å². The van der Waals surface area contributed by atoms with E-state index in [-0.39, 0.29) is 0 Å². The van der Waals surface area contributed by atoms with Gasteiger partial charge in [-0.25, -0.2) is 0 Å². The molecule has 0 saturated heterocycles. The van der Waals surface area contributed by atoms with E-state index in [1.165, 1.54) is 25.7 Å². The highest BCUT2D eigenvalue weighted by atomic mass is 16.5. The van der Waals surface area contributed by atoms with Gasteiger partial charge in [-0.1, -0.05) is 26.7 Å². The molecule has 0 amide bonds. The van der Waals surface area contributed by atoms with Crippen molar-refractivity contribution in [2.75, 3.05) is 19.8 Å². The minimum Gasteiger partial charge on any atom is -0.381 e. The average Bonchev–Trinajstić information content (AvgIpc) is 2.20. The third-order valence-electron chi connectivity index (χ3n) is 3.00. The Morgan fingerprint density at radius 2 is 1.93 bits per heavy atom. The monoisotopic (exact) mass is 214 g/mol. The maximum atomic E-state index is 5.77. The highest BCUT2D eigenvalue weighted by Gasteiger charge is 2.25. The Balaban J connectivity index is 2.23. The van der Waals surface area contributed by atoms with Gasteiger partial charge in [-0.05, 0) is 25.7 Å². The van der Waals surface area contributed by atoms with E-state index in [2.05, 4.69) is 20.8 Å². The van der Waals surface area contributed by atoms with Gasteiger partial charge in [0.2, 0.25) is 0 Å². The van der Waals surface area contributed by atoms with Crippen molar-refractivity contribution in [1.82, 2.24) is 0 Å². The van der Waals surface area contributed by atoms with Gasteiger partial charge in [0.1, 0.15) is 0 Å². The van der Waals surface area contributed by atoms with Crippen LogP contribution in [0.3, 0.4) is 0 Å². The second-order valence-corrected chi connectivity index (χ2v) is 4.97. The first-order valence-corrected chi connectivity index (χ1v) is 6.43. The summed E-state index contributed by atoms with van der Waals surface area (Å²) in [7, 11) is 0. The minimum atomic E-state index is 0.455. The number of hydrogen-bond donors (Lipinski definition) is 0. The molecule has 90 valence electrons. The molecule has 0 N–H and O–H groups in total. The summed E-state index contributed by atoms with van der Waals surface area (Å²) in [6.45, 7) is 9.09. The van der Waals surface area contributed by atoms with Crippen molar-refractivity contribution in [3.63, 3.8) is 0 Å². The molecule has 0 aromatic rings. The van der Waals surface area contributed by atoms with E-state index in [4.69, 9.17) is 9.47 Å². The van der Waals surface area contributed by atoms with Crippen molar-refractivity contribution >= 4 is 0 Å². The predicted molar refractivity (Wildman–Crippen MR) is 63.0 cm³/mol. The van der Waals surface area contributed by atoms with E-state index < -0.39 is 0 Å². The number of hydrogen-bond acceptors (Lipinski definition) is 2. The molecule has 0 aromatic heterocycles. The van der Waals surface area contributed by atoms with Gasteiger partial charge in [-0.3, -0.25) is 0 Å². The van der Waals surface area contributed by atoms with Crippen LogP contribution in [-0.4, -0.2) is 25.9 Å². The first-order valence-electron chi connectivity index (χ1n) is 6.43. The lowest BCUT2D eigenvalue weighted by atomic mass is 9.87. The van der Waals surface area contributed by atoms with Crippen molar-refractivity contribution in [3.8, 4) is 0 Å². The van der Waals surface area contributed by atoms with Crippen LogP contribution in [0.15, 0.2) is 0 Å². The van der Waals surface area contributed by atoms with E-state index in [1.807, 2.05) is 0 Å². The van der Waals surface area contributed by atoms with Crippen LogP contribution in [0.5, 0.6) is 0 Å². The van der Waals surface area contributed by atoms with E-state index in [0.717, 1.165) is 19.8 Å². The minimum absolute atomic E-state index is 0.455. The van der Waals surface area contributed by atoms with Crippen LogP contribution in [0, 0.1) is 11.8 Å². The fourth-order valence-electron chi connectivity index (χ4n) is 2.25. The third-order valence-corrected chi connectivity index (χ3v) is 3.00. The van der Waals surface area contributed by atoms with Crippen LogP contribution in [0.4, 0.5) is 0 Å². The lowest BCUT2D eigenvalue weighted by Gasteiger charge is -2.31. The second kappa shape index (κ2) is 7.24. The third kappa shape index (κ3) is 4.98. The molecule has 0 bridgehead atoms. The Kier molecular flexibility index (Phi) is 6.26. The first kappa shape index (κ1) is 13.0. The fourth-order valence-corrected chi connectivity index (χ4v) is 2.25. The van der Waals surface area contributed by atoms with Gasteiger partial charge in [0.05, 0.1) is 12.7 Å². The fraction of sp³-hybridized carbons (Fsp3) is 1.00. The Morgan fingerprint density at radius 3 is 2.60 bits per heavy atom. The summed E-state index contributed by atoms with van der Waals surface area (Å²) < 4.78 is 11.5. The summed E-state index contributed by atoms with van der Waals surface area (Å²) in [4.78, 5) is 0. The summed E-state index contributed by atoms with van der Waals surface area (Å²) in [6.07, 6.45) is 5.63. The van der Waals surface area contributed by atoms with E-state index >= 15 is 0 Å². The van der Waals surface area contributed by atoms with Crippen molar-refractivity contribution in [1.29, 1.82) is 0 Å². The van der Waals surface area contributed by atoms with Gasteiger partial charge in [-0.2, -0.15) is 0 Å². The summed E-state index contributed by atoms with van der Waals surface area (Å²) >= 11 is 0. The van der Waals surface area contributed by atoms with Crippen LogP contribution in [0.25, 0.3) is 0 Å². The maximum absolute atomic E-state index is 5.77. The van der Waals surface area contributed by atoms with E-state index in [9.17, 15) is 0 Å². The highest BCUT2D eigenvalue weighted by molar-refractivity contribution is 4.75. The molecule has 2 nitrogen and oxygen atoms in total. The summed E-state index contributed by atoms with van der Waals surface area (Å²) in [5.41, 5.74) is 0. The van der Waals surface area contributed by atoms with Crippen LogP contribution < -0.4 is 0 Å². The molecule has 1 saturated carbocycles. The van der Waals surface area contributed by atoms with Gasteiger partial charge in [0, 0.05) is 19.1 Å². The average molecular weight is 214 g/mol. The molecule has 15 heavy (non-hydrogen) atoms. The molecule has 1 aliphatic carbocycles. The highest BCUT2D eigenvalue weighted by Crippen LogP contribution is 2.27. The van der Waals surface area contributed by atoms with E-state index in [1.54, 1.807) is 0 Å². The zero-order chi connectivity index (χ0) is 11.1. The largest absolute Gasteiger partial charge is 0.381 e. The summed E-state index contributed by atoms with van der Waals surface area (Å²) in [6, 6.07) is 0. The summed E-state index contributed by atoms with van der Waals surface area (Å²) in [5.74, 6) is 1.27. The van der Waals surface area contributed by atoms with Crippen molar-refractivity contribution in [3.05, 3.63) is 0 Å². The SMILES string of the molecule is CCOC1CCCCC1COCC(C)C. The van der Waals surface area contributed by atoms with Crippen LogP contribution in [0.2, 0.25) is 0 Å². The number of ether oxygens (including phenoxy) is 2. The van der Waals surface area contributed by atoms with Gasteiger partial charge in [0.25, 0.3) is 0 Å². The van der Waals surface area contributed by atoms with Crippen LogP contribution in [-0.2, 0) is 9.47 Å². The molecule has 2 heteroatoms. The molecule has 0 spiro atoms. The lowest BCUT2D eigenvalue weighted by Crippen LogP contribution is -2.31. The van der Waals surface area contributed by atoms with E-state index in [0.29, 0.717) is 17.9 Å². The Hall–Kier alpha value is -0.0800. The Labute approximate surface area is 94.3 Å². The van der Waals surface area contributed by atoms with Gasteiger partial charge in [-0.15, -0.1) is 0 Å². The molecule has 2 atom stereocenters. The number of rotatable bonds is 6. The molecule has 0 aliphatic heterocycles. The standard InChI is InChI=1S/C13H26O2/c1-4-15-13-8-6-5-7-12(13)10-14-9-11(2)3/h11-13H,4-10H2,1-3H3. The van der Waals surface area contributed by atoms with Crippen molar-refractivity contribution < 1.29 is 9.47 Å². The Bertz CT molecular complexity index is 155. The zero-order valence-electron chi connectivity index (χ0n) is 10.5. The van der Waals surface area contributed by atoms with Gasteiger partial charge in [0.15, 0.2) is 0 Å². The smallest absolute Gasteiger partial charge is 0.0625 e. The molecule has 1 fully saturated rings. The molecule has 0 heterocycles. The molecular formula is C13H26O2. The lowest BCUT2D eigenvalue weighted by molar-refractivity contribution is -0.0416. The van der Waals surface area contributed by atoms with Crippen molar-refractivity contribution in [2.24, 2.45) is 11.8 Å². The molecule has 0 radical (unpaired) electrons. The zero-order valence-corrected chi connectivity index (χ0v) is 10.5. The van der Waals surface area contributed by atoms with Gasteiger partial charge >= 0.3 is 0 Å². The molecule has 2 unspecified atom stereocenters. The Morgan fingerprint density at radius 1 is 1.20 bits per heavy atom. The molecule has 1 aliphatic rings. The quantitative estimate of drug-likeness (QED) is 0.675. The van der Waals surface area contributed by atoms with Crippen LogP contribution in [0.1, 0.15) is 46.5 Å². The molecule has 1 rings (SSSR count). The topological polar surface area (TPSA) is 18.5 Å². The summed E-state index contributed by atoms with van der Waals surface area (Å²) in [5, 5.41) is 0. The predicted octanol–water partition coefficient (Wildman–Crippen LogP) is 3.25. The first-order chi connectivity index (χ1) is 7.24. The molecular weight excluding hydrogens is 188 g/mol. The normalized spacial score (nSPS) is 27.2. The van der Waals surface area contributed by atoms with Crippen molar-refractivity contribution in [2.45, 2.75) is 52.6 Å². The van der Waals surface area contributed by atoms with Crippen LogP contribution >= 0.6 is 0 Å². The molecule has 0 aromatic carbocycles. The maximum Gasteiger partial charge on any atom is 0.0625 e. The second-order valence-electron chi connectivity index (χ2n) is 4.97.